The summed E-state index contributed by atoms with van der Waals surface area (Å²) in [7, 11) is 0. The number of terminal acetylenes is 1. The number of rotatable bonds is 4. The molecule has 0 saturated carbocycles. The second-order valence-corrected chi connectivity index (χ2v) is 4.89. The van der Waals surface area contributed by atoms with E-state index in [1.165, 1.54) is 12.1 Å². The molecule has 1 nitrogen and oxygen atoms in total. The molecule has 1 rings (SSSR count). The highest BCUT2D eigenvalue weighted by Gasteiger charge is 2.26. The fourth-order valence-corrected chi connectivity index (χ4v) is 2.19. The summed E-state index contributed by atoms with van der Waals surface area (Å²) >= 11 is 11.5. The number of unbranched alkanes of at least 4 members (excludes halogenated alkanes) is 1. The maximum absolute atomic E-state index is 13.3. The lowest BCUT2D eigenvalue weighted by Crippen LogP contribution is -2.21. The Hall–Kier alpha value is -0.750. The van der Waals surface area contributed by atoms with Gasteiger partial charge in [0, 0.05) is 17.0 Å². The van der Waals surface area contributed by atoms with E-state index < -0.39 is 11.4 Å². The summed E-state index contributed by atoms with van der Waals surface area (Å²) in [6.45, 7) is 1.58. The third kappa shape index (κ3) is 3.61. The van der Waals surface area contributed by atoms with Crippen molar-refractivity contribution in [3.05, 3.63) is 33.6 Å². The predicted octanol–water partition coefficient (Wildman–Crippen LogP) is 4.14. The van der Waals surface area contributed by atoms with Crippen LogP contribution in [-0.4, -0.2) is 5.11 Å². The van der Waals surface area contributed by atoms with Crippen molar-refractivity contribution in [3.63, 3.8) is 0 Å². The Balaban J connectivity index is 2.98. The Morgan fingerprint density at radius 3 is 2.65 bits per heavy atom. The van der Waals surface area contributed by atoms with Crippen molar-refractivity contribution in [1.29, 1.82) is 0 Å². The van der Waals surface area contributed by atoms with Crippen LogP contribution < -0.4 is 0 Å². The van der Waals surface area contributed by atoms with E-state index in [1.54, 1.807) is 6.92 Å². The summed E-state index contributed by atoms with van der Waals surface area (Å²) in [5.41, 5.74) is -0.877. The smallest absolute Gasteiger partial charge is 0.142 e. The lowest BCUT2D eigenvalue weighted by molar-refractivity contribution is 0.0458. The summed E-state index contributed by atoms with van der Waals surface area (Å²) in [5, 5.41) is 10.4. The monoisotopic (exact) mass is 274 g/mol. The van der Waals surface area contributed by atoms with Crippen molar-refractivity contribution in [1.82, 2.24) is 0 Å². The zero-order valence-electron chi connectivity index (χ0n) is 9.43. The first-order chi connectivity index (χ1) is 7.88. The van der Waals surface area contributed by atoms with E-state index in [0.29, 0.717) is 24.8 Å². The zero-order valence-corrected chi connectivity index (χ0v) is 10.9. The van der Waals surface area contributed by atoms with Gasteiger partial charge in [-0.3, -0.25) is 0 Å². The van der Waals surface area contributed by atoms with Gasteiger partial charge < -0.3 is 5.11 Å². The first-order valence-corrected chi connectivity index (χ1v) is 5.95. The van der Waals surface area contributed by atoms with Crippen LogP contribution in [0.3, 0.4) is 0 Å². The molecule has 0 spiro atoms. The van der Waals surface area contributed by atoms with E-state index >= 15 is 0 Å². The van der Waals surface area contributed by atoms with Gasteiger partial charge in [0.2, 0.25) is 0 Å². The van der Waals surface area contributed by atoms with Crippen LogP contribution in [0.4, 0.5) is 4.39 Å². The average Bonchev–Trinajstić information content (AvgIpc) is 2.23. The van der Waals surface area contributed by atoms with E-state index in [1.807, 2.05) is 0 Å². The van der Waals surface area contributed by atoms with Gasteiger partial charge in [-0.2, -0.15) is 0 Å². The molecule has 0 radical (unpaired) electrons. The molecule has 0 amide bonds. The highest BCUT2D eigenvalue weighted by molar-refractivity contribution is 6.35. The third-order valence-corrected chi connectivity index (χ3v) is 3.18. The molecule has 0 aliphatic rings. The minimum Gasteiger partial charge on any atom is -0.385 e. The quantitative estimate of drug-likeness (QED) is 0.497. The Morgan fingerprint density at radius 2 is 2.06 bits per heavy atom. The minimum atomic E-state index is -1.21. The standard InChI is InChI=1S/C13H13Cl2FO/c1-3-4-5-6-13(2,17)9-7-12(16)11(15)8-10(9)14/h1,7-8,17H,4-6H2,2H3. The van der Waals surface area contributed by atoms with Crippen LogP contribution in [0, 0.1) is 18.2 Å². The van der Waals surface area contributed by atoms with E-state index in [2.05, 4.69) is 5.92 Å². The second-order valence-electron chi connectivity index (χ2n) is 4.08. The van der Waals surface area contributed by atoms with Crippen LogP contribution >= 0.6 is 23.2 Å². The average molecular weight is 275 g/mol. The first-order valence-electron chi connectivity index (χ1n) is 5.19. The largest absolute Gasteiger partial charge is 0.385 e. The van der Waals surface area contributed by atoms with Gasteiger partial charge in [-0.25, -0.2) is 4.39 Å². The van der Waals surface area contributed by atoms with Crippen molar-refractivity contribution in [2.45, 2.75) is 31.8 Å². The van der Waals surface area contributed by atoms with Crippen LogP contribution in [0.25, 0.3) is 0 Å². The Kier molecular flexibility index (Phi) is 4.82. The molecule has 92 valence electrons. The number of benzene rings is 1. The van der Waals surface area contributed by atoms with Gasteiger partial charge in [0.25, 0.3) is 0 Å². The molecule has 1 atom stereocenters. The molecule has 1 N–H and O–H groups in total. The number of hydrogen-bond acceptors (Lipinski definition) is 1. The second kappa shape index (κ2) is 5.73. The van der Waals surface area contributed by atoms with Gasteiger partial charge in [-0.15, -0.1) is 12.3 Å². The molecule has 4 heteroatoms. The topological polar surface area (TPSA) is 20.2 Å². The maximum atomic E-state index is 13.3. The summed E-state index contributed by atoms with van der Waals surface area (Å²) in [6.07, 6.45) is 6.75. The van der Waals surface area contributed by atoms with E-state index in [4.69, 9.17) is 29.6 Å². The van der Waals surface area contributed by atoms with Crippen molar-refractivity contribution < 1.29 is 9.50 Å². The van der Waals surface area contributed by atoms with Gasteiger partial charge in [0.15, 0.2) is 0 Å². The van der Waals surface area contributed by atoms with Crippen molar-refractivity contribution in [3.8, 4) is 12.3 Å². The summed E-state index contributed by atoms with van der Waals surface area (Å²) < 4.78 is 13.3. The molecule has 0 saturated heterocycles. The summed E-state index contributed by atoms with van der Waals surface area (Å²) in [4.78, 5) is 0. The van der Waals surface area contributed by atoms with Crippen LogP contribution in [0.2, 0.25) is 10.0 Å². The fourth-order valence-electron chi connectivity index (χ4n) is 1.60. The predicted molar refractivity (Wildman–Crippen MR) is 68.7 cm³/mol. The lowest BCUT2D eigenvalue weighted by Gasteiger charge is -2.25. The highest BCUT2D eigenvalue weighted by Crippen LogP contribution is 2.34. The molecule has 0 bridgehead atoms. The van der Waals surface area contributed by atoms with Gasteiger partial charge in [-0.1, -0.05) is 23.2 Å². The van der Waals surface area contributed by atoms with Crippen molar-refractivity contribution in [2.75, 3.05) is 0 Å². The summed E-state index contributed by atoms with van der Waals surface area (Å²) in [5.74, 6) is 1.89. The molecular weight excluding hydrogens is 262 g/mol. The molecule has 1 aromatic carbocycles. The molecule has 17 heavy (non-hydrogen) atoms. The van der Waals surface area contributed by atoms with Crippen LogP contribution in [0.1, 0.15) is 31.7 Å². The Labute approximate surface area is 111 Å². The summed E-state index contributed by atoms with van der Waals surface area (Å²) in [6, 6.07) is 2.46. The van der Waals surface area contributed by atoms with E-state index in [-0.39, 0.29) is 10.0 Å². The van der Waals surface area contributed by atoms with Crippen molar-refractivity contribution >= 4 is 23.2 Å². The van der Waals surface area contributed by atoms with Gasteiger partial charge in [-0.05, 0) is 31.9 Å². The van der Waals surface area contributed by atoms with Gasteiger partial charge >= 0.3 is 0 Å². The molecule has 0 aliphatic carbocycles. The number of hydrogen-bond donors (Lipinski definition) is 1. The lowest BCUT2D eigenvalue weighted by atomic mass is 9.90. The Bertz CT molecular complexity index is 449. The maximum Gasteiger partial charge on any atom is 0.142 e. The zero-order chi connectivity index (χ0) is 13.1. The highest BCUT2D eigenvalue weighted by atomic mass is 35.5. The molecule has 0 aromatic heterocycles. The van der Waals surface area contributed by atoms with Crippen molar-refractivity contribution in [2.24, 2.45) is 0 Å². The van der Waals surface area contributed by atoms with Crippen LogP contribution in [0.15, 0.2) is 12.1 Å². The normalized spacial score (nSPS) is 14.1. The van der Waals surface area contributed by atoms with Crippen LogP contribution in [0.5, 0.6) is 0 Å². The first kappa shape index (κ1) is 14.3. The molecule has 0 fully saturated rings. The third-order valence-electron chi connectivity index (χ3n) is 2.57. The molecule has 1 unspecified atom stereocenters. The molecular formula is C13H13Cl2FO. The van der Waals surface area contributed by atoms with Gasteiger partial charge in [0.05, 0.1) is 10.6 Å². The van der Waals surface area contributed by atoms with Gasteiger partial charge in [0.1, 0.15) is 5.82 Å². The molecule has 0 heterocycles. The number of aliphatic hydroxyl groups is 1. The molecule has 0 aliphatic heterocycles. The SMILES string of the molecule is C#CCCCC(C)(O)c1cc(F)c(Cl)cc1Cl. The number of halogens is 3. The Morgan fingerprint density at radius 1 is 1.41 bits per heavy atom. The minimum absolute atomic E-state index is 0.0572. The van der Waals surface area contributed by atoms with Crippen LogP contribution in [-0.2, 0) is 5.60 Å². The van der Waals surface area contributed by atoms with E-state index in [0.717, 1.165) is 0 Å². The van der Waals surface area contributed by atoms with E-state index in [9.17, 15) is 9.50 Å². The fraction of sp³-hybridized carbons (Fsp3) is 0.385. The molecule has 1 aromatic rings.